The molecule has 0 atom stereocenters. The van der Waals surface area contributed by atoms with Gasteiger partial charge in [-0.3, -0.25) is 4.79 Å². The number of rotatable bonds is 7. The first-order valence-corrected chi connectivity index (χ1v) is 8.90. The Morgan fingerprint density at radius 3 is 2.48 bits per heavy atom. The third-order valence-electron chi connectivity index (χ3n) is 4.40. The maximum Gasteiger partial charge on any atom is 0.387 e. The summed E-state index contributed by atoms with van der Waals surface area (Å²) in [7, 11) is 1.40. The molecule has 8 heteroatoms. The number of alkyl halides is 2. The zero-order chi connectivity index (χ0) is 21.0. The van der Waals surface area contributed by atoms with E-state index in [0.717, 1.165) is 11.1 Å². The number of methoxy groups -OCH3 is 1. The van der Waals surface area contributed by atoms with Gasteiger partial charge in [-0.05, 0) is 31.5 Å². The zero-order valence-corrected chi connectivity index (χ0v) is 16.3. The van der Waals surface area contributed by atoms with E-state index in [1.807, 2.05) is 31.2 Å². The van der Waals surface area contributed by atoms with Crippen LogP contribution in [0.4, 0.5) is 20.4 Å². The van der Waals surface area contributed by atoms with Crippen LogP contribution in [0.2, 0.25) is 0 Å². The second-order valence-electron chi connectivity index (χ2n) is 6.48. The molecule has 0 bridgehead atoms. The Kier molecular flexibility index (Phi) is 6.11. The summed E-state index contributed by atoms with van der Waals surface area (Å²) in [6.45, 7) is 1.14. The standard InChI is InChI=1S/C21H21F2N3O3/c1-13-7-9-15(10-8-13)11-26-12-18(28-3)19(27)25-21(26)24-16-5-4-6-17(14(16)2)29-20(22)23/h4-10,12,20H,11H2,1-3H3,(H,24,25,27). The highest BCUT2D eigenvalue weighted by atomic mass is 19.3. The fourth-order valence-electron chi connectivity index (χ4n) is 2.82. The minimum absolute atomic E-state index is 0.0472. The van der Waals surface area contributed by atoms with Gasteiger partial charge in [-0.1, -0.05) is 35.9 Å². The van der Waals surface area contributed by atoms with Crippen molar-refractivity contribution in [2.24, 2.45) is 0 Å². The Labute approximate surface area is 166 Å². The molecule has 29 heavy (non-hydrogen) atoms. The molecule has 0 saturated heterocycles. The minimum atomic E-state index is -2.93. The van der Waals surface area contributed by atoms with Crippen LogP contribution in [-0.4, -0.2) is 23.3 Å². The second kappa shape index (κ2) is 8.72. The van der Waals surface area contributed by atoms with Crippen LogP contribution in [0.3, 0.4) is 0 Å². The smallest absolute Gasteiger partial charge is 0.387 e. The first-order chi connectivity index (χ1) is 13.9. The van der Waals surface area contributed by atoms with Crippen LogP contribution < -0.4 is 20.3 Å². The average Bonchev–Trinajstić information content (AvgIpc) is 2.68. The van der Waals surface area contributed by atoms with Crippen LogP contribution in [0.1, 0.15) is 16.7 Å². The Balaban J connectivity index is 1.99. The lowest BCUT2D eigenvalue weighted by Gasteiger charge is -2.17. The van der Waals surface area contributed by atoms with Crippen molar-refractivity contribution < 1.29 is 18.3 Å². The summed E-state index contributed by atoms with van der Waals surface area (Å²) >= 11 is 0. The van der Waals surface area contributed by atoms with Gasteiger partial charge >= 0.3 is 12.2 Å². The van der Waals surface area contributed by atoms with Crippen molar-refractivity contribution in [3.8, 4) is 11.5 Å². The van der Waals surface area contributed by atoms with Crippen molar-refractivity contribution in [3.63, 3.8) is 0 Å². The van der Waals surface area contributed by atoms with Gasteiger partial charge in [0.1, 0.15) is 5.75 Å². The largest absolute Gasteiger partial charge is 0.490 e. The van der Waals surface area contributed by atoms with Crippen molar-refractivity contribution in [1.82, 2.24) is 9.55 Å². The molecule has 0 spiro atoms. The molecule has 6 nitrogen and oxygen atoms in total. The molecule has 3 aromatic rings. The van der Waals surface area contributed by atoms with Crippen LogP contribution >= 0.6 is 0 Å². The summed E-state index contributed by atoms with van der Waals surface area (Å²) in [6.07, 6.45) is 1.56. The lowest BCUT2D eigenvalue weighted by Crippen LogP contribution is -2.19. The van der Waals surface area contributed by atoms with Crippen LogP contribution in [-0.2, 0) is 6.54 Å². The third-order valence-corrected chi connectivity index (χ3v) is 4.40. The fraction of sp³-hybridized carbons (Fsp3) is 0.238. The number of ether oxygens (including phenoxy) is 2. The van der Waals surface area contributed by atoms with E-state index in [9.17, 15) is 13.6 Å². The highest BCUT2D eigenvalue weighted by Crippen LogP contribution is 2.29. The van der Waals surface area contributed by atoms with Crippen molar-refractivity contribution >= 4 is 11.6 Å². The van der Waals surface area contributed by atoms with Crippen LogP contribution in [0.5, 0.6) is 11.5 Å². The van der Waals surface area contributed by atoms with Crippen molar-refractivity contribution in [3.05, 3.63) is 75.7 Å². The molecule has 1 heterocycles. The average molecular weight is 401 g/mol. The number of aryl methyl sites for hydroxylation is 1. The molecule has 1 aromatic heterocycles. The van der Waals surface area contributed by atoms with Gasteiger partial charge in [0.05, 0.1) is 19.9 Å². The molecule has 0 unspecified atom stereocenters. The lowest BCUT2D eigenvalue weighted by molar-refractivity contribution is -0.0502. The van der Waals surface area contributed by atoms with E-state index >= 15 is 0 Å². The summed E-state index contributed by atoms with van der Waals surface area (Å²) < 4.78 is 36.6. The number of nitrogens with one attached hydrogen (secondary N) is 1. The van der Waals surface area contributed by atoms with Gasteiger partial charge in [-0.25, -0.2) is 0 Å². The highest BCUT2D eigenvalue weighted by Gasteiger charge is 2.14. The van der Waals surface area contributed by atoms with E-state index in [0.29, 0.717) is 17.8 Å². The Hall–Kier alpha value is -3.42. The van der Waals surface area contributed by atoms with Crippen molar-refractivity contribution in [2.75, 3.05) is 12.4 Å². The number of hydrogen-bond donors (Lipinski definition) is 1. The number of aromatic nitrogens is 2. The predicted octanol–water partition coefficient (Wildman–Crippen LogP) is 4.26. The van der Waals surface area contributed by atoms with E-state index in [2.05, 4.69) is 15.0 Å². The van der Waals surface area contributed by atoms with Gasteiger partial charge in [0, 0.05) is 11.3 Å². The quantitative estimate of drug-likeness (QED) is 0.641. The molecule has 3 rings (SSSR count). The number of benzene rings is 2. The van der Waals surface area contributed by atoms with E-state index in [4.69, 9.17) is 4.74 Å². The predicted molar refractivity (Wildman–Crippen MR) is 106 cm³/mol. The Morgan fingerprint density at radius 1 is 1.10 bits per heavy atom. The molecule has 2 aromatic carbocycles. The Morgan fingerprint density at radius 2 is 1.83 bits per heavy atom. The van der Waals surface area contributed by atoms with Gasteiger partial charge in [0.2, 0.25) is 11.7 Å². The number of hydrogen-bond acceptors (Lipinski definition) is 5. The summed E-state index contributed by atoms with van der Waals surface area (Å²) in [5, 5.41) is 3.05. The molecule has 0 amide bonds. The molecule has 0 saturated carbocycles. The number of nitrogens with zero attached hydrogens (tertiary/aromatic N) is 2. The van der Waals surface area contributed by atoms with Crippen LogP contribution in [0.25, 0.3) is 0 Å². The van der Waals surface area contributed by atoms with E-state index in [-0.39, 0.29) is 17.4 Å². The van der Waals surface area contributed by atoms with E-state index in [1.54, 1.807) is 29.8 Å². The molecule has 0 aliphatic rings. The van der Waals surface area contributed by atoms with Crippen molar-refractivity contribution in [2.45, 2.75) is 27.0 Å². The van der Waals surface area contributed by atoms with Gasteiger partial charge in [-0.2, -0.15) is 13.8 Å². The molecule has 152 valence electrons. The molecule has 0 aliphatic heterocycles. The molecule has 1 N–H and O–H groups in total. The van der Waals surface area contributed by atoms with Crippen molar-refractivity contribution in [1.29, 1.82) is 0 Å². The summed E-state index contributed by atoms with van der Waals surface area (Å²) in [6, 6.07) is 12.7. The Bertz CT molecular complexity index is 1050. The minimum Gasteiger partial charge on any atom is -0.490 e. The first kappa shape index (κ1) is 20.3. The van der Waals surface area contributed by atoms with E-state index < -0.39 is 12.2 Å². The normalized spacial score (nSPS) is 10.8. The third kappa shape index (κ3) is 4.90. The molecule has 0 radical (unpaired) electrons. The van der Waals surface area contributed by atoms with E-state index in [1.165, 1.54) is 13.2 Å². The van der Waals surface area contributed by atoms with Gasteiger partial charge in [0.25, 0.3) is 0 Å². The number of halogens is 2. The van der Waals surface area contributed by atoms with Gasteiger partial charge < -0.3 is 19.4 Å². The first-order valence-electron chi connectivity index (χ1n) is 8.90. The molecular weight excluding hydrogens is 380 g/mol. The maximum atomic E-state index is 12.6. The monoisotopic (exact) mass is 401 g/mol. The van der Waals surface area contributed by atoms with Crippen LogP contribution in [0, 0.1) is 13.8 Å². The summed E-state index contributed by atoms with van der Waals surface area (Å²) in [4.78, 5) is 16.3. The SMILES string of the molecule is COc1cn(Cc2ccc(C)cc2)c(Nc2cccc(OC(F)F)c2C)nc1=O. The summed E-state index contributed by atoms with van der Waals surface area (Å²) in [5.41, 5.74) is 2.57. The maximum absolute atomic E-state index is 12.6. The van der Waals surface area contributed by atoms with Crippen LogP contribution in [0.15, 0.2) is 53.5 Å². The number of anilines is 2. The zero-order valence-electron chi connectivity index (χ0n) is 16.3. The molecule has 0 aliphatic carbocycles. The molecule has 0 fully saturated rings. The fourth-order valence-corrected chi connectivity index (χ4v) is 2.82. The topological polar surface area (TPSA) is 65.4 Å². The lowest BCUT2D eigenvalue weighted by atomic mass is 10.1. The van der Waals surface area contributed by atoms with Gasteiger partial charge in [-0.15, -0.1) is 0 Å². The molecular formula is C21H21F2N3O3. The highest BCUT2D eigenvalue weighted by molar-refractivity contribution is 5.62. The second-order valence-corrected chi connectivity index (χ2v) is 6.48. The summed E-state index contributed by atoms with van der Waals surface area (Å²) in [5.74, 6) is 0.411. The van der Waals surface area contributed by atoms with Gasteiger partial charge in [0.15, 0.2) is 0 Å².